The zero-order valence-corrected chi connectivity index (χ0v) is 9.95. The van der Waals surface area contributed by atoms with E-state index in [1.807, 2.05) is 18.2 Å². The lowest BCUT2D eigenvalue weighted by Crippen LogP contribution is -2.43. The van der Waals surface area contributed by atoms with E-state index in [-0.39, 0.29) is 0 Å². The number of nitrogens with one attached hydrogen (secondary N) is 1. The number of benzene rings is 1. The van der Waals surface area contributed by atoms with E-state index in [9.17, 15) is 0 Å². The zero-order chi connectivity index (χ0) is 11.4. The summed E-state index contributed by atoms with van der Waals surface area (Å²) in [5.41, 5.74) is 8.01. The smallest absolute Gasteiger partial charge is 0.0359 e. The highest BCUT2D eigenvalue weighted by Crippen LogP contribution is 2.12. The number of para-hydroxylation sites is 1. The van der Waals surface area contributed by atoms with Crippen molar-refractivity contribution < 1.29 is 0 Å². The molecule has 2 rings (SSSR count). The molecule has 3 N–H and O–H groups in total. The molecule has 16 heavy (non-hydrogen) atoms. The molecule has 1 atom stereocenters. The number of hydrogen-bond donors (Lipinski definition) is 2. The van der Waals surface area contributed by atoms with Gasteiger partial charge < -0.3 is 16.0 Å². The van der Waals surface area contributed by atoms with E-state index in [4.69, 9.17) is 5.73 Å². The predicted octanol–water partition coefficient (Wildman–Crippen LogP) is 1.45. The van der Waals surface area contributed by atoms with E-state index in [0.29, 0.717) is 6.04 Å². The Morgan fingerprint density at radius 1 is 1.44 bits per heavy atom. The maximum atomic E-state index is 5.91. The summed E-state index contributed by atoms with van der Waals surface area (Å²) in [6.45, 7) is 3.25. The van der Waals surface area contributed by atoms with Gasteiger partial charge in [0.1, 0.15) is 0 Å². The Balaban J connectivity index is 1.85. The molecule has 3 nitrogen and oxygen atoms in total. The van der Waals surface area contributed by atoms with Crippen molar-refractivity contribution >= 4 is 5.69 Å². The van der Waals surface area contributed by atoms with Gasteiger partial charge >= 0.3 is 0 Å². The number of anilines is 1. The van der Waals surface area contributed by atoms with Crippen LogP contribution in [-0.2, 0) is 6.54 Å². The van der Waals surface area contributed by atoms with E-state index >= 15 is 0 Å². The second-order valence-corrected chi connectivity index (χ2v) is 4.68. The van der Waals surface area contributed by atoms with Gasteiger partial charge in [-0.2, -0.15) is 0 Å². The van der Waals surface area contributed by atoms with Crippen molar-refractivity contribution in [3.8, 4) is 0 Å². The Kier molecular flexibility index (Phi) is 3.80. The molecule has 0 aliphatic carbocycles. The molecule has 1 heterocycles. The third kappa shape index (κ3) is 2.97. The van der Waals surface area contributed by atoms with Crippen LogP contribution in [0.1, 0.15) is 18.4 Å². The molecule has 0 radical (unpaired) electrons. The highest BCUT2D eigenvalue weighted by Gasteiger charge is 2.16. The van der Waals surface area contributed by atoms with Crippen LogP contribution >= 0.6 is 0 Å². The number of hydrogen-bond acceptors (Lipinski definition) is 3. The standard InChI is InChI=1S/C13H21N3/c1-16-8-4-6-12(10-16)15-9-11-5-2-3-7-13(11)14/h2-3,5,7,12,15H,4,6,8-10,14H2,1H3. The first-order chi connectivity index (χ1) is 7.75. The van der Waals surface area contributed by atoms with Gasteiger partial charge in [0.25, 0.3) is 0 Å². The molecule has 1 unspecified atom stereocenters. The van der Waals surface area contributed by atoms with Crippen LogP contribution in [0.4, 0.5) is 5.69 Å². The maximum Gasteiger partial charge on any atom is 0.0359 e. The molecule has 1 aliphatic heterocycles. The topological polar surface area (TPSA) is 41.3 Å². The lowest BCUT2D eigenvalue weighted by Gasteiger charge is -2.30. The van der Waals surface area contributed by atoms with Crippen LogP contribution in [0.25, 0.3) is 0 Å². The van der Waals surface area contributed by atoms with Crippen LogP contribution in [0.5, 0.6) is 0 Å². The van der Waals surface area contributed by atoms with Crippen molar-refractivity contribution in [3.63, 3.8) is 0 Å². The highest BCUT2D eigenvalue weighted by atomic mass is 15.1. The summed E-state index contributed by atoms with van der Waals surface area (Å²) >= 11 is 0. The average Bonchev–Trinajstić information content (AvgIpc) is 2.28. The van der Waals surface area contributed by atoms with Gasteiger partial charge in [-0.25, -0.2) is 0 Å². The van der Waals surface area contributed by atoms with Gasteiger partial charge in [-0.1, -0.05) is 18.2 Å². The molecule has 3 heteroatoms. The van der Waals surface area contributed by atoms with Gasteiger partial charge in [-0.05, 0) is 38.1 Å². The Morgan fingerprint density at radius 2 is 2.25 bits per heavy atom. The third-order valence-electron chi connectivity index (χ3n) is 3.26. The van der Waals surface area contributed by atoms with E-state index in [0.717, 1.165) is 18.8 Å². The van der Waals surface area contributed by atoms with Crippen molar-refractivity contribution in [3.05, 3.63) is 29.8 Å². The van der Waals surface area contributed by atoms with Crippen LogP contribution in [0.2, 0.25) is 0 Å². The summed E-state index contributed by atoms with van der Waals surface area (Å²) < 4.78 is 0. The number of nitrogen functional groups attached to an aromatic ring is 1. The van der Waals surface area contributed by atoms with Gasteiger partial charge in [0, 0.05) is 24.8 Å². The molecular formula is C13H21N3. The fraction of sp³-hybridized carbons (Fsp3) is 0.538. The summed E-state index contributed by atoms with van der Waals surface area (Å²) in [6.07, 6.45) is 2.56. The van der Waals surface area contributed by atoms with E-state index in [1.165, 1.54) is 24.9 Å². The summed E-state index contributed by atoms with van der Waals surface area (Å²) in [6, 6.07) is 8.69. The summed E-state index contributed by atoms with van der Waals surface area (Å²) in [5.74, 6) is 0. The molecule has 1 aromatic carbocycles. The maximum absolute atomic E-state index is 5.91. The first-order valence-electron chi connectivity index (χ1n) is 6.01. The second-order valence-electron chi connectivity index (χ2n) is 4.68. The fourth-order valence-electron chi connectivity index (χ4n) is 2.28. The number of rotatable bonds is 3. The van der Waals surface area contributed by atoms with E-state index in [2.05, 4.69) is 23.3 Å². The van der Waals surface area contributed by atoms with Crippen molar-refractivity contribution in [1.82, 2.24) is 10.2 Å². The SMILES string of the molecule is CN1CCCC(NCc2ccccc2N)C1. The zero-order valence-electron chi connectivity index (χ0n) is 9.95. The lowest BCUT2D eigenvalue weighted by molar-refractivity contribution is 0.226. The molecule has 0 spiro atoms. The van der Waals surface area contributed by atoms with Crippen LogP contribution in [0.3, 0.4) is 0 Å². The molecule has 1 aromatic rings. The van der Waals surface area contributed by atoms with Crippen molar-refractivity contribution in [2.24, 2.45) is 0 Å². The van der Waals surface area contributed by atoms with Gasteiger partial charge in [-0.3, -0.25) is 0 Å². The first kappa shape index (κ1) is 11.4. The largest absolute Gasteiger partial charge is 0.398 e. The van der Waals surface area contributed by atoms with Gasteiger partial charge in [0.2, 0.25) is 0 Å². The second kappa shape index (κ2) is 5.32. The Hall–Kier alpha value is -1.06. The van der Waals surface area contributed by atoms with Gasteiger partial charge in [-0.15, -0.1) is 0 Å². The average molecular weight is 219 g/mol. The van der Waals surface area contributed by atoms with Crippen LogP contribution in [0, 0.1) is 0 Å². The fourth-order valence-corrected chi connectivity index (χ4v) is 2.28. The van der Waals surface area contributed by atoms with Gasteiger partial charge in [0.15, 0.2) is 0 Å². The number of nitrogens with zero attached hydrogens (tertiary/aromatic N) is 1. The van der Waals surface area contributed by atoms with E-state index in [1.54, 1.807) is 0 Å². The minimum absolute atomic E-state index is 0.610. The van der Waals surface area contributed by atoms with Crippen molar-refractivity contribution in [1.29, 1.82) is 0 Å². The monoisotopic (exact) mass is 219 g/mol. The van der Waals surface area contributed by atoms with Crippen LogP contribution in [0.15, 0.2) is 24.3 Å². The quantitative estimate of drug-likeness (QED) is 0.756. The lowest BCUT2D eigenvalue weighted by atomic mass is 10.1. The molecule has 88 valence electrons. The first-order valence-corrected chi connectivity index (χ1v) is 6.01. The minimum Gasteiger partial charge on any atom is -0.398 e. The summed E-state index contributed by atoms with van der Waals surface area (Å²) in [4.78, 5) is 2.38. The molecule has 0 amide bonds. The molecule has 0 aromatic heterocycles. The molecule has 1 saturated heterocycles. The number of likely N-dealkylation sites (tertiary alicyclic amines) is 1. The number of likely N-dealkylation sites (N-methyl/N-ethyl adjacent to an activating group) is 1. The van der Waals surface area contributed by atoms with E-state index < -0.39 is 0 Å². The molecule has 1 fully saturated rings. The molecule has 1 aliphatic rings. The molecule has 0 saturated carbocycles. The Morgan fingerprint density at radius 3 is 3.00 bits per heavy atom. The molecular weight excluding hydrogens is 198 g/mol. The van der Waals surface area contributed by atoms with Crippen molar-refractivity contribution in [2.45, 2.75) is 25.4 Å². The summed E-state index contributed by atoms with van der Waals surface area (Å²) in [5, 5.41) is 3.59. The predicted molar refractivity (Wildman–Crippen MR) is 68.2 cm³/mol. The third-order valence-corrected chi connectivity index (χ3v) is 3.26. The van der Waals surface area contributed by atoms with Crippen molar-refractivity contribution in [2.75, 3.05) is 25.9 Å². The van der Waals surface area contributed by atoms with Crippen LogP contribution < -0.4 is 11.1 Å². The normalized spacial score (nSPS) is 22.2. The summed E-state index contributed by atoms with van der Waals surface area (Å²) in [7, 11) is 2.19. The number of nitrogens with two attached hydrogens (primary N) is 1. The Bertz CT molecular complexity index is 338. The number of piperidine rings is 1. The van der Waals surface area contributed by atoms with Gasteiger partial charge in [0.05, 0.1) is 0 Å². The Labute approximate surface area is 97.6 Å². The minimum atomic E-state index is 0.610. The molecule has 0 bridgehead atoms. The van der Waals surface area contributed by atoms with Crippen LogP contribution in [-0.4, -0.2) is 31.1 Å². The highest BCUT2D eigenvalue weighted by molar-refractivity contribution is 5.46.